The van der Waals surface area contributed by atoms with Crippen LogP contribution >= 0.6 is 35.6 Å². The molecule has 8 heteroatoms. The van der Waals surface area contributed by atoms with Gasteiger partial charge < -0.3 is 5.11 Å². The molecule has 0 radical (unpaired) electrons. The van der Waals surface area contributed by atoms with E-state index in [1.54, 1.807) is 18.2 Å². The van der Waals surface area contributed by atoms with Crippen molar-refractivity contribution < 1.29 is 14.7 Å². The molecule has 1 aromatic heterocycles. The zero-order valence-electron chi connectivity index (χ0n) is 14.5. The Hall–Kier alpha value is -1.96. The molecule has 1 aliphatic rings. The van der Waals surface area contributed by atoms with Crippen LogP contribution in [0.15, 0.2) is 35.2 Å². The van der Waals surface area contributed by atoms with Gasteiger partial charge in [0.2, 0.25) is 0 Å². The van der Waals surface area contributed by atoms with Crippen molar-refractivity contribution in [3.05, 3.63) is 46.0 Å². The third kappa shape index (κ3) is 4.15. The van der Waals surface area contributed by atoms with Crippen LogP contribution in [0.25, 0.3) is 17.0 Å². The number of nitrogens with zero attached hydrogens (tertiary/aromatic N) is 2. The van der Waals surface area contributed by atoms with Gasteiger partial charge in [0.25, 0.3) is 5.91 Å². The summed E-state index contributed by atoms with van der Waals surface area (Å²) in [5, 5.41) is 10.9. The zero-order chi connectivity index (χ0) is 19.6. The maximum Gasteiger partial charge on any atom is 0.326 e. The normalized spacial score (nSPS) is 17.1. The standard InChI is InChI=1S/C19H17ClN2O3S2/c1-2-3-7-14(18(24)25)22-17(23)15(27-19(22)26)10-12-9-8-11-5-4-6-13(20)16(11)21-12/h4-6,8-10,14H,2-3,7H2,1H3,(H,24,25)/b15-10-/t14-/m0/s1. The van der Waals surface area contributed by atoms with Gasteiger partial charge in [-0.15, -0.1) is 0 Å². The number of unbranched alkanes of at least 4 members (excludes halogenated alkanes) is 1. The first-order chi connectivity index (χ1) is 12.9. The number of carbonyl (C=O) groups excluding carboxylic acids is 1. The number of amides is 1. The van der Waals surface area contributed by atoms with Gasteiger partial charge in [0, 0.05) is 5.39 Å². The summed E-state index contributed by atoms with van der Waals surface area (Å²) >= 11 is 12.6. The number of aliphatic carboxylic acids is 1. The van der Waals surface area contributed by atoms with Crippen molar-refractivity contribution in [2.75, 3.05) is 0 Å². The molecule has 1 N–H and O–H groups in total. The molecule has 27 heavy (non-hydrogen) atoms. The largest absolute Gasteiger partial charge is 0.480 e. The van der Waals surface area contributed by atoms with E-state index in [1.165, 1.54) is 4.90 Å². The Balaban J connectivity index is 1.92. The topological polar surface area (TPSA) is 70.5 Å². The van der Waals surface area contributed by atoms with Crippen molar-refractivity contribution in [2.24, 2.45) is 0 Å². The number of hydrogen-bond acceptors (Lipinski definition) is 5. The number of benzene rings is 1. The number of rotatable bonds is 6. The van der Waals surface area contributed by atoms with Crippen LogP contribution in [0.5, 0.6) is 0 Å². The molecule has 0 spiro atoms. The maximum atomic E-state index is 12.8. The minimum absolute atomic E-state index is 0.258. The Morgan fingerprint density at radius 3 is 2.89 bits per heavy atom. The van der Waals surface area contributed by atoms with Crippen molar-refractivity contribution in [3.8, 4) is 0 Å². The number of carboxylic acid groups (broad SMARTS) is 1. The number of carbonyl (C=O) groups is 2. The fraction of sp³-hybridized carbons (Fsp3) is 0.263. The Morgan fingerprint density at radius 2 is 2.19 bits per heavy atom. The second-order valence-electron chi connectivity index (χ2n) is 6.10. The van der Waals surface area contributed by atoms with Crippen LogP contribution in [0.3, 0.4) is 0 Å². The summed E-state index contributed by atoms with van der Waals surface area (Å²) < 4.78 is 0.258. The first kappa shape index (κ1) is 19.8. The molecule has 1 saturated heterocycles. The Morgan fingerprint density at radius 1 is 1.41 bits per heavy atom. The number of hydrogen-bond donors (Lipinski definition) is 1. The predicted molar refractivity (Wildman–Crippen MR) is 113 cm³/mol. The third-order valence-electron chi connectivity index (χ3n) is 4.22. The van der Waals surface area contributed by atoms with Crippen LogP contribution in [0.1, 0.15) is 31.9 Å². The summed E-state index contributed by atoms with van der Waals surface area (Å²) in [7, 11) is 0. The summed E-state index contributed by atoms with van der Waals surface area (Å²) in [4.78, 5) is 30.5. The number of carboxylic acids is 1. The minimum atomic E-state index is -1.04. The fourth-order valence-electron chi connectivity index (χ4n) is 2.85. The summed E-state index contributed by atoms with van der Waals surface area (Å²) in [6, 6.07) is 8.23. The van der Waals surface area contributed by atoms with E-state index in [2.05, 4.69) is 4.98 Å². The number of thioether (sulfide) groups is 1. The SMILES string of the molecule is CCCC[C@@H](C(=O)O)N1C(=O)/C(=C/c2ccc3cccc(Cl)c3n2)SC1=S. The second-order valence-corrected chi connectivity index (χ2v) is 8.18. The molecular formula is C19H17ClN2O3S2. The fourth-order valence-corrected chi connectivity index (χ4v) is 4.42. The molecule has 140 valence electrons. The van der Waals surface area contributed by atoms with Crippen LogP contribution in [0.4, 0.5) is 0 Å². The van der Waals surface area contributed by atoms with E-state index in [1.807, 2.05) is 25.1 Å². The molecule has 0 unspecified atom stereocenters. The van der Waals surface area contributed by atoms with Crippen molar-refractivity contribution in [3.63, 3.8) is 0 Å². The van der Waals surface area contributed by atoms with Crippen LogP contribution in [0.2, 0.25) is 5.02 Å². The van der Waals surface area contributed by atoms with E-state index in [9.17, 15) is 14.7 Å². The quantitative estimate of drug-likeness (QED) is 0.538. The average Bonchev–Trinajstić information content (AvgIpc) is 2.90. The average molecular weight is 421 g/mol. The molecule has 1 atom stereocenters. The van der Waals surface area contributed by atoms with E-state index in [4.69, 9.17) is 23.8 Å². The van der Waals surface area contributed by atoms with E-state index in [0.717, 1.165) is 23.6 Å². The molecule has 5 nitrogen and oxygen atoms in total. The highest BCUT2D eigenvalue weighted by molar-refractivity contribution is 8.26. The van der Waals surface area contributed by atoms with Gasteiger partial charge in [-0.05, 0) is 24.6 Å². The number of fused-ring (bicyclic) bond motifs is 1. The number of halogens is 1. The Kier molecular flexibility index (Phi) is 6.14. The van der Waals surface area contributed by atoms with Crippen LogP contribution in [-0.2, 0) is 9.59 Å². The number of pyridine rings is 1. The summed E-state index contributed by atoms with van der Waals surface area (Å²) in [5.74, 6) is -1.44. The van der Waals surface area contributed by atoms with Crippen molar-refractivity contribution in [1.82, 2.24) is 9.88 Å². The third-order valence-corrected chi connectivity index (χ3v) is 5.86. The van der Waals surface area contributed by atoms with Gasteiger partial charge >= 0.3 is 5.97 Å². The van der Waals surface area contributed by atoms with Crippen LogP contribution in [0, 0.1) is 0 Å². The first-order valence-electron chi connectivity index (χ1n) is 8.47. The highest BCUT2D eigenvalue weighted by atomic mass is 35.5. The smallest absolute Gasteiger partial charge is 0.326 e. The van der Waals surface area contributed by atoms with Crippen molar-refractivity contribution in [2.45, 2.75) is 32.2 Å². The first-order valence-corrected chi connectivity index (χ1v) is 10.1. The van der Waals surface area contributed by atoms with Gasteiger partial charge in [-0.25, -0.2) is 9.78 Å². The minimum Gasteiger partial charge on any atom is -0.480 e. The lowest BCUT2D eigenvalue weighted by Gasteiger charge is -2.22. The molecule has 2 aromatic rings. The summed E-state index contributed by atoms with van der Waals surface area (Å²) in [6.07, 6.45) is 3.55. The van der Waals surface area contributed by atoms with Gasteiger partial charge in [-0.3, -0.25) is 9.69 Å². The number of thiocarbonyl (C=S) groups is 1. The summed E-state index contributed by atoms with van der Waals surface area (Å²) in [5.41, 5.74) is 1.21. The van der Waals surface area contributed by atoms with E-state index >= 15 is 0 Å². The van der Waals surface area contributed by atoms with E-state index in [-0.39, 0.29) is 4.32 Å². The molecule has 0 aliphatic carbocycles. The number of para-hydroxylation sites is 1. The zero-order valence-corrected chi connectivity index (χ0v) is 16.9. The van der Waals surface area contributed by atoms with Gasteiger partial charge in [-0.2, -0.15) is 0 Å². The molecule has 0 bridgehead atoms. The molecule has 1 aliphatic heterocycles. The molecule has 3 rings (SSSR count). The lowest BCUT2D eigenvalue weighted by molar-refractivity contribution is -0.145. The van der Waals surface area contributed by atoms with E-state index < -0.39 is 17.9 Å². The highest BCUT2D eigenvalue weighted by Gasteiger charge is 2.40. The van der Waals surface area contributed by atoms with Gasteiger partial charge in [0.15, 0.2) is 0 Å². The van der Waals surface area contributed by atoms with Crippen LogP contribution in [-0.4, -0.2) is 37.2 Å². The van der Waals surface area contributed by atoms with Gasteiger partial charge in [0.1, 0.15) is 10.4 Å². The van der Waals surface area contributed by atoms with E-state index in [0.29, 0.717) is 34.0 Å². The molecule has 1 fully saturated rings. The second kappa shape index (κ2) is 8.37. The van der Waals surface area contributed by atoms with Crippen molar-refractivity contribution >= 4 is 68.8 Å². The predicted octanol–water partition coefficient (Wildman–Crippen LogP) is 4.73. The Bertz CT molecular complexity index is 961. The maximum absolute atomic E-state index is 12.8. The monoisotopic (exact) mass is 420 g/mol. The molecule has 2 heterocycles. The van der Waals surface area contributed by atoms with Crippen LogP contribution < -0.4 is 0 Å². The van der Waals surface area contributed by atoms with Crippen molar-refractivity contribution in [1.29, 1.82) is 0 Å². The highest BCUT2D eigenvalue weighted by Crippen LogP contribution is 2.35. The number of aromatic nitrogens is 1. The molecule has 0 saturated carbocycles. The molecule has 1 aromatic carbocycles. The van der Waals surface area contributed by atoms with Gasteiger partial charge in [0.05, 0.1) is 21.1 Å². The molecule has 1 amide bonds. The Labute approximate surface area is 171 Å². The lowest BCUT2D eigenvalue weighted by Crippen LogP contribution is -2.43. The lowest BCUT2D eigenvalue weighted by atomic mass is 10.1. The van der Waals surface area contributed by atoms with Gasteiger partial charge in [-0.1, -0.05) is 73.5 Å². The molecular weight excluding hydrogens is 404 g/mol. The summed E-state index contributed by atoms with van der Waals surface area (Å²) in [6.45, 7) is 1.97.